The number of nitrogens with one attached hydrogen (secondary N) is 1. The minimum atomic E-state index is -0.467. The standard InChI is InChI=1S/C16H32INO3/c1-6-7-8-9-10-11-20-16(5,12-17)13-18-14(19)21-15(2,3)4/h6-13H2,1-5H3,(H,18,19). The van der Waals surface area contributed by atoms with Crippen LogP contribution in [0.2, 0.25) is 0 Å². The van der Waals surface area contributed by atoms with Gasteiger partial charge in [0.25, 0.3) is 0 Å². The Morgan fingerprint density at radius 1 is 1.10 bits per heavy atom. The van der Waals surface area contributed by atoms with E-state index in [0.29, 0.717) is 6.54 Å². The van der Waals surface area contributed by atoms with Crippen LogP contribution in [-0.4, -0.2) is 34.9 Å². The van der Waals surface area contributed by atoms with Gasteiger partial charge in [-0.15, -0.1) is 0 Å². The summed E-state index contributed by atoms with van der Waals surface area (Å²) in [6, 6.07) is 0. The molecule has 0 saturated carbocycles. The molecule has 0 heterocycles. The molecule has 0 aromatic heterocycles. The Bertz CT molecular complexity index is 292. The topological polar surface area (TPSA) is 47.6 Å². The number of unbranched alkanes of at least 4 members (excludes halogenated alkanes) is 4. The van der Waals surface area contributed by atoms with Gasteiger partial charge >= 0.3 is 6.09 Å². The zero-order chi connectivity index (χ0) is 16.4. The van der Waals surface area contributed by atoms with E-state index in [-0.39, 0.29) is 11.7 Å². The van der Waals surface area contributed by atoms with Crippen LogP contribution >= 0.6 is 22.6 Å². The van der Waals surface area contributed by atoms with Crippen LogP contribution in [0.25, 0.3) is 0 Å². The fraction of sp³-hybridized carbons (Fsp3) is 0.938. The van der Waals surface area contributed by atoms with Crippen LogP contribution in [0, 0.1) is 0 Å². The molecule has 1 atom stereocenters. The number of carbonyl (C=O) groups is 1. The number of rotatable bonds is 10. The van der Waals surface area contributed by atoms with E-state index in [1.54, 1.807) is 0 Å². The Morgan fingerprint density at radius 3 is 2.24 bits per heavy atom. The maximum Gasteiger partial charge on any atom is 0.407 e. The largest absolute Gasteiger partial charge is 0.444 e. The van der Waals surface area contributed by atoms with Gasteiger partial charge in [-0.25, -0.2) is 4.79 Å². The molecule has 0 aliphatic heterocycles. The van der Waals surface area contributed by atoms with Gasteiger partial charge in [0.2, 0.25) is 0 Å². The predicted octanol–water partition coefficient (Wildman–Crippen LogP) is 4.69. The Labute approximate surface area is 143 Å². The van der Waals surface area contributed by atoms with E-state index in [4.69, 9.17) is 9.47 Å². The summed E-state index contributed by atoms with van der Waals surface area (Å²) in [5.41, 5.74) is -0.798. The minimum Gasteiger partial charge on any atom is -0.444 e. The zero-order valence-corrected chi connectivity index (χ0v) is 16.4. The summed E-state index contributed by atoms with van der Waals surface area (Å²) < 4.78 is 12.0. The summed E-state index contributed by atoms with van der Waals surface area (Å²) in [5.74, 6) is 0. The van der Waals surface area contributed by atoms with Crippen LogP contribution in [0.4, 0.5) is 4.79 Å². The number of halogens is 1. The fourth-order valence-electron chi connectivity index (χ4n) is 1.73. The quantitative estimate of drug-likeness (QED) is 0.321. The van der Waals surface area contributed by atoms with Crippen LogP contribution in [0.1, 0.15) is 66.7 Å². The van der Waals surface area contributed by atoms with Gasteiger partial charge in [0.05, 0.1) is 12.1 Å². The summed E-state index contributed by atoms with van der Waals surface area (Å²) in [5, 5.41) is 2.80. The Morgan fingerprint density at radius 2 is 1.71 bits per heavy atom. The molecule has 0 fully saturated rings. The van der Waals surface area contributed by atoms with Gasteiger partial charge < -0.3 is 14.8 Å². The summed E-state index contributed by atoms with van der Waals surface area (Å²) in [6.45, 7) is 11.0. The monoisotopic (exact) mass is 413 g/mol. The maximum atomic E-state index is 11.7. The summed E-state index contributed by atoms with van der Waals surface area (Å²) in [4.78, 5) is 11.7. The summed E-state index contributed by atoms with van der Waals surface area (Å²) in [6.07, 6.45) is 5.74. The van der Waals surface area contributed by atoms with E-state index >= 15 is 0 Å². The maximum absolute atomic E-state index is 11.7. The molecule has 0 radical (unpaired) electrons. The highest BCUT2D eigenvalue weighted by Gasteiger charge is 2.25. The summed E-state index contributed by atoms with van der Waals surface area (Å²) >= 11 is 2.30. The number of hydrogen-bond donors (Lipinski definition) is 1. The van der Waals surface area contributed by atoms with Crippen molar-refractivity contribution in [2.45, 2.75) is 77.9 Å². The van der Waals surface area contributed by atoms with E-state index < -0.39 is 5.60 Å². The second-order valence-corrected chi connectivity index (χ2v) is 7.46. The van der Waals surface area contributed by atoms with Gasteiger partial charge in [0.1, 0.15) is 5.60 Å². The van der Waals surface area contributed by atoms with Crippen molar-refractivity contribution in [3.05, 3.63) is 0 Å². The smallest absolute Gasteiger partial charge is 0.407 e. The second kappa shape index (κ2) is 10.6. The molecule has 0 aliphatic rings. The highest BCUT2D eigenvalue weighted by Crippen LogP contribution is 2.15. The zero-order valence-electron chi connectivity index (χ0n) is 14.3. The third kappa shape index (κ3) is 12.2. The molecular formula is C16H32INO3. The molecule has 0 saturated heterocycles. The van der Waals surface area contributed by atoms with E-state index in [1.807, 2.05) is 27.7 Å². The Kier molecular flexibility index (Phi) is 10.6. The van der Waals surface area contributed by atoms with Gasteiger partial charge in [0, 0.05) is 11.0 Å². The molecule has 0 spiro atoms. The van der Waals surface area contributed by atoms with Crippen molar-refractivity contribution in [1.82, 2.24) is 5.32 Å². The predicted molar refractivity (Wildman–Crippen MR) is 96.2 cm³/mol. The molecule has 4 nitrogen and oxygen atoms in total. The average molecular weight is 413 g/mol. The van der Waals surface area contributed by atoms with Gasteiger partial charge in [-0.2, -0.15) is 0 Å². The molecule has 1 amide bonds. The van der Waals surface area contributed by atoms with Crippen molar-refractivity contribution in [2.75, 3.05) is 17.6 Å². The number of alkyl halides is 1. The van der Waals surface area contributed by atoms with Gasteiger partial charge in [-0.05, 0) is 34.1 Å². The van der Waals surface area contributed by atoms with Gasteiger partial charge in [-0.3, -0.25) is 0 Å². The lowest BCUT2D eigenvalue weighted by Gasteiger charge is -2.29. The number of hydrogen-bond acceptors (Lipinski definition) is 3. The Hall–Kier alpha value is -0.0400. The van der Waals surface area contributed by atoms with Crippen LogP contribution in [-0.2, 0) is 9.47 Å². The van der Waals surface area contributed by atoms with Crippen molar-refractivity contribution < 1.29 is 14.3 Å². The second-order valence-electron chi connectivity index (χ2n) is 6.70. The van der Waals surface area contributed by atoms with Crippen LogP contribution in [0.3, 0.4) is 0 Å². The fourth-order valence-corrected chi connectivity index (χ4v) is 2.22. The van der Waals surface area contributed by atoms with E-state index in [9.17, 15) is 4.79 Å². The minimum absolute atomic E-state index is 0.331. The molecule has 0 rings (SSSR count). The molecule has 5 heteroatoms. The molecular weight excluding hydrogens is 381 g/mol. The lowest BCUT2D eigenvalue weighted by atomic mass is 10.1. The average Bonchev–Trinajstić information content (AvgIpc) is 2.39. The highest BCUT2D eigenvalue weighted by atomic mass is 127. The van der Waals surface area contributed by atoms with Crippen LogP contribution < -0.4 is 5.32 Å². The molecule has 0 aromatic rings. The highest BCUT2D eigenvalue weighted by molar-refractivity contribution is 14.1. The van der Waals surface area contributed by atoms with Crippen molar-refractivity contribution >= 4 is 28.7 Å². The van der Waals surface area contributed by atoms with Crippen LogP contribution in [0.15, 0.2) is 0 Å². The van der Waals surface area contributed by atoms with Gasteiger partial charge in [0.15, 0.2) is 0 Å². The number of amides is 1. The molecule has 21 heavy (non-hydrogen) atoms. The third-order valence-electron chi connectivity index (χ3n) is 2.99. The first kappa shape index (κ1) is 21.0. The molecule has 0 aliphatic carbocycles. The first-order chi connectivity index (χ1) is 9.72. The van der Waals surface area contributed by atoms with Crippen molar-refractivity contribution in [2.24, 2.45) is 0 Å². The normalized spacial score (nSPS) is 14.6. The lowest BCUT2D eigenvalue weighted by Crippen LogP contribution is -2.45. The summed E-state index contributed by atoms with van der Waals surface area (Å²) in [7, 11) is 0. The molecule has 1 unspecified atom stereocenters. The van der Waals surface area contributed by atoms with E-state index in [0.717, 1.165) is 17.5 Å². The third-order valence-corrected chi connectivity index (χ3v) is 4.60. The van der Waals surface area contributed by atoms with Gasteiger partial charge in [-0.1, -0.05) is 55.2 Å². The number of carbonyl (C=O) groups excluding carboxylic acids is 1. The number of ether oxygens (including phenoxy) is 2. The van der Waals surface area contributed by atoms with E-state index in [2.05, 4.69) is 34.8 Å². The molecule has 0 bridgehead atoms. The van der Waals surface area contributed by atoms with E-state index in [1.165, 1.54) is 25.7 Å². The lowest BCUT2D eigenvalue weighted by molar-refractivity contribution is -0.0154. The number of alkyl carbamates (subject to hydrolysis) is 1. The molecule has 126 valence electrons. The first-order valence-electron chi connectivity index (χ1n) is 7.89. The SMILES string of the molecule is CCCCCCCOC(C)(CI)CNC(=O)OC(C)(C)C. The van der Waals surface area contributed by atoms with Crippen LogP contribution in [0.5, 0.6) is 0 Å². The first-order valence-corrected chi connectivity index (χ1v) is 9.42. The van der Waals surface area contributed by atoms with Crippen molar-refractivity contribution in [1.29, 1.82) is 0 Å². The molecule has 1 N–H and O–H groups in total. The Balaban J connectivity index is 3.96. The van der Waals surface area contributed by atoms with Crippen molar-refractivity contribution in [3.63, 3.8) is 0 Å². The molecule has 0 aromatic carbocycles. The van der Waals surface area contributed by atoms with Crippen molar-refractivity contribution in [3.8, 4) is 0 Å².